The number of rotatable bonds is 10. The van der Waals surface area contributed by atoms with Crippen molar-refractivity contribution in [3.8, 4) is 16.9 Å². The smallest absolute Gasteiger partial charge is 0.258 e. The lowest BCUT2D eigenvalue weighted by Crippen LogP contribution is -2.47. The van der Waals surface area contributed by atoms with Crippen LogP contribution in [0.2, 0.25) is 10.0 Å². The van der Waals surface area contributed by atoms with Crippen molar-refractivity contribution >= 4 is 62.9 Å². The van der Waals surface area contributed by atoms with E-state index >= 15 is 0 Å². The van der Waals surface area contributed by atoms with Crippen LogP contribution in [-0.4, -0.2) is 72.9 Å². The quantitative estimate of drug-likeness (QED) is 0.173. The average molecular weight is 777 g/mol. The van der Waals surface area contributed by atoms with Crippen molar-refractivity contribution in [2.75, 3.05) is 50.1 Å². The molecule has 0 bridgehead atoms. The van der Waals surface area contributed by atoms with Gasteiger partial charge in [-0.2, -0.15) is 0 Å². The van der Waals surface area contributed by atoms with E-state index in [4.69, 9.17) is 27.9 Å². The molecule has 7 rings (SSSR count). The molecule has 1 atom stereocenters. The number of aromatic nitrogens is 1. The number of ether oxygens (including phenoxy) is 1. The highest BCUT2D eigenvalue weighted by Gasteiger charge is 2.30. The normalized spacial score (nSPS) is 18.9. The van der Waals surface area contributed by atoms with E-state index in [-0.39, 0.29) is 29.1 Å². The zero-order valence-electron chi connectivity index (χ0n) is 30.4. The molecule has 3 aromatic carbocycles. The predicted octanol–water partition coefficient (Wildman–Crippen LogP) is 6.62. The number of hydrogen-bond donors (Lipinski definition) is 2. The SMILES string of the molecule is COc1cc(-c2cn(C)c(=O)c3ccc(F)cc23)cc(Cl)c1CC1CCN(CC(=O)C2CCN(c3ccc(NC4CCC(=O)NC4=O)cc3Cl)CC2)CC1. The van der Waals surface area contributed by atoms with Crippen molar-refractivity contribution < 1.29 is 23.5 Å². The topological polar surface area (TPSA) is 113 Å². The molecular weight excluding hydrogens is 732 g/mol. The van der Waals surface area contributed by atoms with E-state index in [0.29, 0.717) is 57.4 Å². The fourth-order valence-electron chi connectivity index (χ4n) is 8.13. The molecule has 1 aromatic heterocycles. The number of Topliss-reactive ketones (excluding diaryl/α,β-unsaturated/α-hetero) is 1. The van der Waals surface area contributed by atoms with Crippen molar-refractivity contribution in [2.24, 2.45) is 18.9 Å². The van der Waals surface area contributed by atoms with Gasteiger partial charge in [0.1, 0.15) is 23.4 Å². The number of methoxy groups -OCH3 is 1. The Balaban J connectivity index is 0.910. The molecule has 4 aromatic rings. The number of hydrogen-bond acceptors (Lipinski definition) is 8. The molecule has 2 N–H and O–H groups in total. The summed E-state index contributed by atoms with van der Waals surface area (Å²) < 4.78 is 21.6. The Morgan fingerprint density at radius 2 is 1.69 bits per heavy atom. The Labute approximate surface area is 323 Å². The predicted molar refractivity (Wildman–Crippen MR) is 210 cm³/mol. The lowest BCUT2D eigenvalue weighted by Gasteiger charge is -2.36. The number of fused-ring (bicyclic) bond motifs is 1. The molecule has 13 heteroatoms. The van der Waals surface area contributed by atoms with Gasteiger partial charge in [0.05, 0.1) is 24.4 Å². The van der Waals surface area contributed by atoms with E-state index < -0.39 is 11.9 Å². The van der Waals surface area contributed by atoms with Gasteiger partial charge in [-0.1, -0.05) is 23.2 Å². The summed E-state index contributed by atoms with van der Waals surface area (Å²) in [5, 5.41) is 7.63. The number of imide groups is 1. The summed E-state index contributed by atoms with van der Waals surface area (Å²) in [6.45, 7) is 3.57. The summed E-state index contributed by atoms with van der Waals surface area (Å²) in [5.41, 5.74) is 3.78. The Morgan fingerprint density at radius 3 is 2.39 bits per heavy atom. The van der Waals surface area contributed by atoms with Crippen LogP contribution in [0, 0.1) is 17.7 Å². The number of anilines is 2. The summed E-state index contributed by atoms with van der Waals surface area (Å²) in [6.07, 6.45) is 6.58. The monoisotopic (exact) mass is 775 g/mol. The molecule has 3 aliphatic heterocycles. The molecule has 3 aliphatic rings. The van der Waals surface area contributed by atoms with E-state index in [1.54, 1.807) is 26.4 Å². The third-order valence-corrected chi connectivity index (χ3v) is 11.9. The molecule has 54 heavy (non-hydrogen) atoms. The molecule has 0 saturated carbocycles. The number of carbonyl (C=O) groups is 3. The number of nitrogens with one attached hydrogen (secondary N) is 2. The van der Waals surface area contributed by atoms with Gasteiger partial charge in [-0.15, -0.1) is 0 Å². The number of ketones is 1. The largest absolute Gasteiger partial charge is 0.496 e. The first-order valence-corrected chi connectivity index (χ1v) is 19.3. The van der Waals surface area contributed by atoms with Crippen LogP contribution in [0.25, 0.3) is 21.9 Å². The van der Waals surface area contributed by atoms with Crippen LogP contribution >= 0.6 is 23.2 Å². The fourth-order valence-corrected chi connectivity index (χ4v) is 8.72. The molecule has 10 nitrogen and oxygen atoms in total. The molecule has 2 amide bonds. The van der Waals surface area contributed by atoms with Gasteiger partial charge in [0.2, 0.25) is 11.8 Å². The second kappa shape index (κ2) is 16.1. The highest BCUT2D eigenvalue weighted by molar-refractivity contribution is 6.33. The Hall–Kier alpha value is -4.45. The standard InChI is InChI=1S/C41H44Cl2FN5O5/c1-47-22-32(30-20-27(44)3-5-29(30)41(47)53)26-18-33(42)31(38(19-26)54-2)17-24-9-13-48(14-10-24)23-37(50)25-11-15-49(16-12-25)36-7-4-28(21-34(36)43)45-35-6-8-39(51)46-40(35)52/h3-5,7,18-22,24-25,35,45H,6,8-17,23H2,1-2H3,(H,46,51,52). The highest BCUT2D eigenvalue weighted by atomic mass is 35.5. The van der Waals surface area contributed by atoms with E-state index in [0.717, 1.165) is 80.8 Å². The van der Waals surface area contributed by atoms with Crippen molar-refractivity contribution in [1.29, 1.82) is 0 Å². The van der Waals surface area contributed by atoms with E-state index in [1.165, 1.54) is 22.8 Å². The minimum Gasteiger partial charge on any atom is -0.496 e. The summed E-state index contributed by atoms with van der Waals surface area (Å²) in [5.74, 6) is 0.322. The van der Waals surface area contributed by atoms with Crippen LogP contribution < -0.4 is 25.8 Å². The Morgan fingerprint density at radius 1 is 0.926 bits per heavy atom. The van der Waals surface area contributed by atoms with E-state index in [2.05, 4.69) is 20.4 Å². The first-order valence-electron chi connectivity index (χ1n) is 18.5. The zero-order valence-corrected chi connectivity index (χ0v) is 31.9. The van der Waals surface area contributed by atoms with Gasteiger partial charge in [-0.05, 0) is 117 Å². The number of carbonyl (C=O) groups excluding carboxylic acids is 3. The number of pyridine rings is 1. The lowest BCUT2D eigenvalue weighted by molar-refractivity contribution is -0.133. The average Bonchev–Trinajstić information content (AvgIpc) is 3.15. The third-order valence-electron chi connectivity index (χ3n) is 11.2. The van der Waals surface area contributed by atoms with Crippen LogP contribution in [0.1, 0.15) is 44.1 Å². The first-order chi connectivity index (χ1) is 26.0. The number of piperidine rings is 3. The molecule has 3 fully saturated rings. The van der Waals surface area contributed by atoms with Crippen LogP contribution in [0.5, 0.6) is 5.75 Å². The van der Waals surface area contributed by atoms with Crippen molar-refractivity contribution in [1.82, 2.24) is 14.8 Å². The Bertz CT molecular complexity index is 2160. The number of nitrogens with zero attached hydrogens (tertiary/aromatic N) is 3. The first kappa shape index (κ1) is 37.8. The minimum atomic E-state index is -0.478. The summed E-state index contributed by atoms with van der Waals surface area (Å²) >= 11 is 13.6. The molecule has 0 radical (unpaired) electrons. The second-order valence-corrected chi connectivity index (χ2v) is 15.6. The lowest BCUT2D eigenvalue weighted by atomic mass is 9.88. The van der Waals surface area contributed by atoms with E-state index in [9.17, 15) is 23.6 Å². The molecule has 0 spiro atoms. The molecular formula is C41H44Cl2FN5O5. The molecule has 0 aliphatic carbocycles. The number of amides is 2. The summed E-state index contributed by atoms with van der Waals surface area (Å²) in [7, 11) is 3.29. The minimum absolute atomic E-state index is 0.00782. The number of aryl methyl sites for hydroxylation is 1. The number of benzene rings is 3. The third kappa shape index (κ3) is 8.13. The van der Waals surface area contributed by atoms with Crippen molar-refractivity contribution in [3.05, 3.63) is 86.5 Å². The molecule has 4 heterocycles. The van der Waals surface area contributed by atoms with Crippen molar-refractivity contribution in [2.45, 2.75) is 51.0 Å². The van der Waals surface area contributed by atoms with Crippen LogP contribution in [0.3, 0.4) is 0 Å². The van der Waals surface area contributed by atoms with Crippen LogP contribution in [0.15, 0.2) is 59.5 Å². The van der Waals surface area contributed by atoms with Gasteiger partial charge >= 0.3 is 0 Å². The van der Waals surface area contributed by atoms with Crippen LogP contribution in [-0.2, 0) is 27.9 Å². The maximum atomic E-state index is 14.3. The van der Waals surface area contributed by atoms with Crippen molar-refractivity contribution in [3.63, 3.8) is 0 Å². The van der Waals surface area contributed by atoms with Gasteiger partial charge < -0.3 is 19.5 Å². The maximum absolute atomic E-state index is 14.3. The number of likely N-dealkylation sites (tertiary alicyclic amines) is 1. The molecule has 3 saturated heterocycles. The van der Waals surface area contributed by atoms with Crippen LogP contribution in [0.4, 0.5) is 15.8 Å². The fraction of sp³-hybridized carbons (Fsp3) is 0.415. The van der Waals surface area contributed by atoms with Gasteiger partial charge in [-0.25, -0.2) is 4.39 Å². The summed E-state index contributed by atoms with van der Waals surface area (Å²) in [6, 6.07) is 13.1. The van der Waals surface area contributed by atoms with Gasteiger partial charge in [0.25, 0.3) is 5.56 Å². The van der Waals surface area contributed by atoms with Gasteiger partial charge in [-0.3, -0.25) is 29.4 Å². The molecule has 1 unspecified atom stereocenters. The Kier molecular flexibility index (Phi) is 11.3. The number of halogens is 3. The maximum Gasteiger partial charge on any atom is 0.258 e. The molecule has 284 valence electrons. The summed E-state index contributed by atoms with van der Waals surface area (Å²) in [4.78, 5) is 54.2. The second-order valence-electron chi connectivity index (χ2n) is 14.8. The van der Waals surface area contributed by atoms with Gasteiger partial charge in [0, 0.05) is 65.9 Å². The highest BCUT2D eigenvalue weighted by Crippen LogP contribution is 2.39. The zero-order chi connectivity index (χ0) is 38.1. The van der Waals surface area contributed by atoms with E-state index in [1.807, 2.05) is 24.3 Å². The van der Waals surface area contributed by atoms with Gasteiger partial charge in [0.15, 0.2) is 0 Å².